The van der Waals surface area contributed by atoms with Crippen LogP contribution in [-0.2, 0) is 22.6 Å². The molecule has 4 aromatic rings. The van der Waals surface area contributed by atoms with Gasteiger partial charge in [-0.3, -0.25) is 14.9 Å². The van der Waals surface area contributed by atoms with Gasteiger partial charge < -0.3 is 15.0 Å². The number of hydrogen-bond acceptors (Lipinski definition) is 5. The molecule has 2 N–H and O–H groups in total. The van der Waals surface area contributed by atoms with Crippen molar-refractivity contribution in [1.29, 1.82) is 0 Å². The first kappa shape index (κ1) is 23.0. The number of carbonyl (C=O) groups excluding carboxylic acids is 2. The molecule has 4 rings (SSSR count). The Hall–Kier alpha value is -4.17. The fourth-order valence-corrected chi connectivity index (χ4v) is 3.88. The van der Waals surface area contributed by atoms with E-state index in [1.807, 2.05) is 24.3 Å². The molecule has 8 nitrogen and oxygen atoms in total. The number of nitro benzene ring substituents is 1. The molecule has 34 heavy (non-hydrogen) atoms. The number of esters is 1. The second-order valence-corrected chi connectivity index (χ2v) is 7.97. The summed E-state index contributed by atoms with van der Waals surface area (Å²) >= 11 is 6.15. The van der Waals surface area contributed by atoms with Gasteiger partial charge in [0.2, 0.25) is 0 Å². The van der Waals surface area contributed by atoms with E-state index >= 15 is 0 Å². The number of rotatable bonds is 8. The first-order valence-electron chi connectivity index (χ1n) is 10.4. The number of ether oxygens (including phenoxy) is 1. The third kappa shape index (κ3) is 5.07. The Kier molecular flexibility index (Phi) is 6.89. The lowest BCUT2D eigenvalue weighted by atomic mass is 10.0. The first-order valence-corrected chi connectivity index (χ1v) is 10.8. The number of carbonyl (C=O) groups is 2. The fourth-order valence-electron chi connectivity index (χ4n) is 3.66. The van der Waals surface area contributed by atoms with Gasteiger partial charge in [0.05, 0.1) is 21.1 Å². The normalized spacial score (nSPS) is 11.7. The Bertz CT molecular complexity index is 1370. The third-order valence-corrected chi connectivity index (χ3v) is 5.70. The number of H-pyrrole nitrogens is 1. The lowest BCUT2D eigenvalue weighted by Gasteiger charge is -2.18. The molecule has 0 aliphatic carbocycles. The van der Waals surface area contributed by atoms with E-state index in [1.165, 1.54) is 18.2 Å². The predicted octanol–water partition coefficient (Wildman–Crippen LogP) is 4.81. The third-order valence-electron chi connectivity index (χ3n) is 5.37. The zero-order valence-corrected chi connectivity index (χ0v) is 18.6. The van der Waals surface area contributed by atoms with Crippen LogP contribution in [0.25, 0.3) is 10.9 Å². The number of aromatic amines is 1. The Balaban J connectivity index is 1.57. The van der Waals surface area contributed by atoms with Crippen LogP contribution in [0.5, 0.6) is 0 Å². The molecule has 3 aromatic carbocycles. The first-order chi connectivity index (χ1) is 16.4. The minimum Gasteiger partial charge on any atom is -0.459 e. The number of halogens is 1. The van der Waals surface area contributed by atoms with Crippen molar-refractivity contribution >= 4 is 40.1 Å². The molecule has 0 fully saturated rings. The highest BCUT2D eigenvalue weighted by atomic mass is 35.5. The minimum absolute atomic E-state index is 0.149. The van der Waals surface area contributed by atoms with Crippen LogP contribution in [-0.4, -0.2) is 27.8 Å². The highest BCUT2D eigenvalue weighted by Crippen LogP contribution is 2.22. The maximum atomic E-state index is 13.1. The second kappa shape index (κ2) is 10.2. The lowest BCUT2D eigenvalue weighted by molar-refractivity contribution is -0.385. The molecular weight excluding hydrogens is 458 g/mol. The molecule has 0 unspecified atom stereocenters. The number of para-hydroxylation sites is 2. The summed E-state index contributed by atoms with van der Waals surface area (Å²) in [6.07, 6.45) is 1.92. The fraction of sp³-hybridized carbons (Fsp3) is 0.120. The Morgan fingerprint density at radius 1 is 1.00 bits per heavy atom. The SMILES string of the molecule is O=C(N[C@H](Cc1c[nH]c2ccccc12)C(=O)OCc1ccccc1[N+](=O)[O-])c1ccccc1Cl. The molecule has 0 aliphatic heterocycles. The van der Waals surface area contributed by atoms with Crippen molar-refractivity contribution in [1.82, 2.24) is 10.3 Å². The number of aromatic nitrogens is 1. The van der Waals surface area contributed by atoms with Crippen molar-refractivity contribution in [2.75, 3.05) is 0 Å². The van der Waals surface area contributed by atoms with Gasteiger partial charge in [0.25, 0.3) is 11.6 Å². The molecule has 172 valence electrons. The van der Waals surface area contributed by atoms with Crippen molar-refractivity contribution in [3.8, 4) is 0 Å². The van der Waals surface area contributed by atoms with Gasteiger partial charge in [0.1, 0.15) is 12.6 Å². The van der Waals surface area contributed by atoms with Crippen LogP contribution < -0.4 is 5.32 Å². The topological polar surface area (TPSA) is 114 Å². The number of amides is 1. The summed E-state index contributed by atoms with van der Waals surface area (Å²) < 4.78 is 5.41. The summed E-state index contributed by atoms with van der Waals surface area (Å²) in [7, 11) is 0. The van der Waals surface area contributed by atoms with E-state index in [9.17, 15) is 19.7 Å². The zero-order valence-electron chi connectivity index (χ0n) is 17.9. The van der Waals surface area contributed by atoms with E-state index < -0.39 is 22.8 Å². The average molecular weight is 478 g/mol. The molecule has 0 saturated carbocycles. The minimum atomic E-state index is -1.05. The largest absolute Gasteiger partial charge is 0.459 e. The summed E-state index contributed by atoms with van der Waals surface area (Å²) in [6.45, 7) is -0.303. The second-order valence-electron chi connectivity index (χ2n) is 7.56. The summed E-state index contributed by atoms with van der Waals surface area (Å²) in [5.41, 5.74) is 2.02. The molecule has 1 amide bonds. The Labute approximate surface area is 199 Å². The van der Waals surface area contributed by atoms with Gasteiger partial charge in [-0.25, -0.2) is 4.79 Å². The van der Waals surface area contributed by atoms with Crippen LogP contribution in [0.2, 0.25) is 5.02 Å². The van der Waals surface area contributed by atoms with Gasteiger partial charge in [0, 0.05) is 29.6 Å². The number of fused-ring (bicyclic) bond motifs is 1. The molecule has 1 heterocycles. The van der Waals surface area contributed by atoms with E-state index in [-0.39, 0.29) is 34.9 Å². The number of nitrogens with one attached hydrogen (secondary N) is 2. The molecule has 0 spiro atoms. The molecule has 0 aliphatic rings. The number of hydrogen-bond donors (Lipinski definition) is 2. The zero-order chi connectivity index (χ0) is 24.1. The molecule has 9 heteroatoms. The maximum Gasteiger partial charge on any atom is 0.329 e. The lowest BCUT2D eigenvalue weighted by Crippen LogP contribution is -2.43. The van der Waals surface area contributed by atoms with Gasteiger partial charge in [-0.1, -0.05) is 54.1 Å². The average Bonchev–Trinajstić information content (AvgIpc) is 3.25. The van der Waals surface area contributed by atoms with Gasteiger partial charge in [0.15, 0.2) is 0 Å². The molecule has 0 bridgehead atoms. The van der Waals surface area contributed by atoms with E-state index in [0.29, 0.717) is 0 Å². The predicted molar refractivity (Wildman–Crippen MR) is 128 cm³/mol. The van der Waals surface area contributed by atoms with Crippen LogP contribution in [0, 0.1) is 10.1 Å². The maximum absolute atomic E-state index is 13.1. The van der Waals surface area contributed by atoms with E-state index in [2.05, 4.69) is 10.3 Å². The summed E-state index contributed by atoms with van der Waals surface area (Å²) in [5.74, 6) is -1.25. The van der Waals surface area contributed by atoms with Gasteiger partial charge in [-0.05, 0) is 29.8 Å². The Morgan fingerprint density at radius 3 is 2.50 bits per heavy atom. The standard InChI is InChI=1S/C25H20ClN3O5/c26-20-10-4-2-9-19(20)24(30)28-22(13-17-14-27-21-11-5-3-8-18(17)21)25(31)34-15-16-7-1-6-12-23(16)29(32)33/h1-12,14,22,27H,13,15H2,(H,28,30)/t22-/m1/s1. The summed E-state index contributed by atoms with van der Waals surface area (Å²) in [5, 5.41) is 15.1. The van der Waals surface area contributed by atoms with Crippen molar-refractivity contribution in [3.05, 3.63) is 111 Å². The van der Waals surface area contributed by atoms with Crippen molar-refractivity contribution in [2.45, 2.75) is 19.1 Å². The molecule has 0 saturated heterocycles. The molecule has 1 aromatic heterocycles. The quantitative estimate of drug-likeness (QED) is 0.214. The van der Waals surface area contributed by atoms with Crippen molar-refractivity contribution in [3.63, 3.8) is 0 Å². The van der Waals surface area contributed by atoms with Crippen molar-refractivity contribution in [2.24, 2.45) is 0 Å². The van der Waals surface area contributed by atoms with E-state index in [0.717, 1.165) is 16.5 Å². The van der Waals surface area contributed by atoms with Crippen LogP contribution >= 0.6 is 11.6 Å². The Morgan fingerprint density at radius 2 is 1.71 bits per heavy atom. The van der Waals surface area contributed by atoms with E-state index in [1.54, 1.807) is 36.5 Å². The highest BCUT2D eigenvalue weighted by Gasteiger charge is 2.26. The summed E-state index contributed by atoms with van der Waals surface area (Å²) in [6, 6.07) is 19.0. The smallest absolute Gasteiger partial charge is 0.329 e. The number of nitro groups is 1. The number of nitrogens with zero attached hydrogens (tertiary/aromatic N) is 1. The van der Waals surface area contributed by atoms with Gasteiger partial charge >= 0.3 is 5.97 Å². The summed E-state index contributed by atoms with van der Waals surface area (Å²) in [4.78, 5) is 39.8. The van der Waals surface area contributed by atoms with Crippen LogP contribution in [0.4, 0.5) is 5.69 Å². The highest BCUT2D eigenvalue weighted by molar-refractivity contribution is 6.33. The van der Waals surface area contributed by atoms with Crippen LogP contribution in [0.3, 0.4) is 0 Å². The van der Waals surface area contributed by atoms with Gasteiger partial charge in [-0.15, -0.1) is 0 Å². The molecule has 0 radical (unpaired) electrons. The number of benzene rings is 3. The van der Waals surface area contributed by atoms with Crippen molar-refractivity contribution < 1.29 is 19.2 Å². The van der Waals surface area contributed by atoms with Crippen LogP contribution in [0.15, 0.2) is 79.0 Å². The van der Waals surface area contributed by atoms with Crippen LogP contribution in [0.1, 0.15) is 21.5 Å². The van der Waals surface area contributed by atoms with Gasteiger partial charge in [-0.2, -0.15) is 0 Å². The monoisotopic (exact) mass is 477 g/mol. The van der Waals surface area contributed by atoms with E-state index in [4.69, 9.17) is 16.3 Å². The molecular formula is C25H20ClN3O5. The molecule has 1 atom stereocenters.